The highest BCUT2D eigenvalue weighted by molar-refractivity contribution is 9.10. The van der Waals surface area contributed by atoms with E-state index in [9.17, 15) is 35.9 Å². The number of anilines is 2. The van der Waals surface area contributed by atoms with Gasteiger partial charge in [-0.25, -0.2) is 4.39 Å². The summed E-state index contributed by atoms with van der Waals surface area (Å²) >= 11 is 7.52. The van der Waals surface area contributed by atoms with E-state index in [1.165, 1.54) is 50.7 Å². The molecule has 0 radical (unpaired) electrons. The molecule has 0 spiro atoms. The lowest BCUT2D eigenvalue weighted by molar-refractivity contribution is -0.286. The fourth-order valence-electron chi connectivity index (χ4n) is 3.68. The van der Waals surface area contributed by atoms with Gasteiger partial charge in [-0.05, 0) is 75.9 Å². The molecule has 0 aliphatic carbocycles. The molecule has 0 saturated carbocycles. The molecular formula is C25H19BrClF6N3O3. The average molecular weight is 639 g/mol. The van der Waals surface area contributed by atoms with E-state index in [0.29, 0.717) is 12.1 Å². The van der Waals surface area contributed by atoms with Crippen LogP contribution in [0.1, 0.15) is 38.8 Å². The molecule has 1 atom stereocenters. The highest BCUT2D eigenvalue weighted by Crippen LogP contribution is 2.55. The smallest absolute Gasteiger partial charge is 0.434 e. The molecule has 3 aromatic rings. The fraction of sp³-hybridized carbons (Fsp3) is 0.240. The number of rotatable bonds is 8. The van der Waals surface area contributed by atoms with Crippen molar-refractivity contribution >= 4 is 50.7 Å². The van der Waals surface area contributed by atoms with Gasteiger partial charge in [0.25, 0.3) is 11.8 Å². The number of para-hydroxylation sites is 1. The lowest BCUT2D eigenvalue weighted by Gasteiger charge is -2.32. The van der Waals surface area contributed by atoms with Gasteiger partial charge >= 0.3 is 17.2 Å². The first-order chi connectivity index (χ1) is 18.2. The highest BCUT2D eigenvalue weighted by atomic mass is 79.9. The number of nitrogens with zero attached hydrogens (tertiary/aromatic N) is 1. The first-order valence-corrected chi connectivity index (χ1v) is 12.2. The van der Waals surface area contributed by atoms with Gasteiger partial charge in [0.1, 0.15) is 0 Å². The molecule has 208 valence electrons. The normalized spacial score (nSPS) is 13.4. The molecule has 0 aliphatic rings. The first-order valence-electron chi connectivity index (χ1n) is 11.0. The van der Waals surface area contributed by atoms with Gasteiger partial charge in [-0.15, -0.1) is 0 Å². The molecule has 39 heavy (non-hydrogen) atoms. The second kappa shape index (κ2) is 11.4. The summed E-state index contributed by atoms with van der Waals surface area (Å²) in [4.78, 5) is 29.6. The third-order valence-corrected chi connectivity index (χ3v) is 6.49. The SMILES string of the molecule is CCc1cc(C(F)(C(F)(F)F)C(F)(F)Cl)cc(Br)c1NC(=O)c1cccc(NC(=O)c2cccnc2)c1OC. The number of carbonyl (C=O) groups is 2. The fourth-order valence-corrected chi connectivity index (χ4v) is 4.49. The third-order valence-electron chi connectivity index (χ3n) is 5.61. The van der Waals surface area contributed by atoms with Gasteiger partial charge in [-0.3, -0.25) is 14.6 Å². The topological polar surface area (TPSA) is 80.3 Å². The van der Waals surface area contributed by atoms with Gasteiger partial charge in [0.15, 0.2) is 5.75 Å². The number of pyridine rings is 1. The Labute approximate surface area is 231 Å². The van der Waals surface area contributed by atoms with E-state index < -0.39 is 34.6 Å². The number of carbonyl (C=O) groups excluding carboxylic acids is 2. The van der Waals surface area contributed by atoms with Gasteiger partial charge < -0.3 is 15.4 Å². The minimum absolute atomic E-state index is 0.0420. The maximum atomic E-state index is 14.9. The van der Waals surface area contributed by atoms with Crippen LogP contribution in [0.25, 0.3) is 0 Å². The zero-order chi connectivity index (χ0) is 29.2. The molecule has 1 heterocycles. The number of halogens is 8. The largest absolute Gasteiger partial charge is 0.494 e. The van der Waals surface area contributed by atoms with E-state index in [-0.39, 0.29) is 44.7 Å². The Bertz CT molecular complexity index is 1370. The Morgan fingerprint density at radius 2 is 1.72 bits per heavy atom. The number of amides is 2. The van der Waals surface area contributed by atoms with Crippen LogP contribution in [0.15, 0.2) is 59.3 Å². The number of benzene rings is 2. The Balaban J connectivity index is 2.00. The van der Waals surface area contributed by atoms with E-state index in [1.807, 2.05) is 0 Å². The van der Waals surface area contributed by atoms with Crippen LogP contribution >= 0.6 is 27.5 Å². The van der Waals surface area contributed by atoms with Crippen molar-refractivity contribution in [2.24, 2.45) is 0 Å². The minimum Gasteiger partial charge on any atom is -0.494 e. The van der Waals surface area contributed by atoms with Crippen LogP contribution in [0, 0.1) is 0 Å². The molecule has 3 rings (SSSR count). The molecule has 2 N–H and O–H groups in total. The average Bonchev–Trinajstić information content (AvgIpc) is 2.88. The van der Waals surface area contributed by atoms with Gasteiger partial charge in [0, 0.05) is 22.4 Å². The number of aromatic nitrogens is 1. The lowest BCUT2D eigenvalue weighted by Crippen LogP contribution is -2.49. The third kappa shape index (κ3) is 5.98. The monoisotopic (exact) mass is 637 g/mol. The molecule has 1 aromatic heterocycles. The molecule has 0 fully saturated rings. The van der Waals surface area contributed by atoms with Crippen molar-refractivity contribution < 1.29 is 40.7 Å². The van der Waals surface area contributed by atoms with Crippen molar-refractivity contribution in [1.82, 2.24) is 4.98 Å². The van der Waals surface area contributed by atoms with Crippen molar-refractivity contribution in [1.29, 1.82) is 0 Å². The van der Waals surface area contributed by atoms with Gasteiger partial charge in [0.05, 0.1) is 29.6 Å². The van der Waals surface area contributed by atoms with Crippen LogP contribution in [0.4, 0.5) is 37.7 Å². The number of hydrogen-bond acceptors (Lipinski definition) is 4. The maximum absolute atomic E-state index is 14.9. The zero-order valence-electron chi connectivity index (χ0n) is 20.1. The number of alkyl halides is 7. The van der Waals surface area contributed by atoms with Crippen LogP contribution in [-0.2, 0) is 12.1 Å². The Kier molecular flexibility index (Phi) is 8.85. The van der Waals surface area contributed by atoms with Crippen molar-refractivity contribution in [2.45, 2.75) is 30.6 Å². The van der Waals surface area contributed by atoms with Crippen molar-refractivity contribution in [2.75, 3.05) is 17.7 Å². The number of hydrogen-bond donors (Lipinski definition) is 2. The zero-order valence-corrected chi connectivity index (χ0v) is 22.4. The second-order valence-electron chi connectivity index (χ2n) is 8.04. The van der Waals surface area contributed by atoms with E-state index in [4.69, 9.17) is 4.74 Å². The van der Waals surface area contributed by atoms with Crippen molar-refractivity contribution in [3.8, 4) is 5.75 Å². The second-order valence-corrected chi connectivity index (χ2v) is 9.37. The highest BCUT2D eigenvalue weighted by Gasteiger charge is 2.72. The van der Waals surface area contributed by atoms with E-state index in [1.54, 1.807) is 6.07 Å². The Hall–Kier alpha value is -3.32. The van der Waals surface area contributed by atoms with Crippen LogP contribution in [0.3, 0.4) is 0 Å². The summed E-state index contributed by atoms with van der Waals surface area (Å²) in [5.41, 5.74) is -6.57. The number of nitrogens with one attached hydrogen (secondary N) is 2. The Morgan fingerprint density at radius 3 is 2.26 bits per heavy atom. The van der Waals surface area contributed by atoms with Crippen LogP contribution in [0.2, 0.25) is 0 Å². The molecule has 0 bridgehead atoms. The quantitative estimate of drug-likeness (QED) is 0.198. The predicted octanol–water partition coefficient (Wildman–Crippen LogP) is 7.48. The molecule has 2 amide bonds. The van der Waals surface area contributed by atoms with Crippen molar-refractivity contribution in [3.63, 3.8) is 0 Å². The predicted molar refractivity (Wildman–Crippen MR) is 136 cm³/mol. The number of methoxy groups -OCH3 is 1. The molecular weight excluding hydrogens is 620 g/mol. The molecule has 14 heteroatoms. The summed E-state index contributed by atoms with van der Waals surface area (Å²) in [7, 11) is 1.25. The van der Waals surface area contributed by atoms with Gasteiger partial charge in [-0.2, -0.15) is 22.0 Å². The summed E-state index contributed by atoms with van der Waals surface area (Å²) in [5.74, 6) is -1.40. The van der Waals surface area contributed by atoms with E-state index >= 15 is 0 Å². The van der Waals surface area contributed by atoms with E-state index in [0.717, 1.165) is 0 Å². The molecule has 6 nitrogen and oxygen atoms in total. The minimum atomic E-state index is -6.05. The number of ether oxygens (including phenoxy) is 1. The van der Waals surface area contributed by atoms with E-state index in [2.05, 4.69) is 43.1 Å². The number of aryl methyl sites for hydroxylation is 1. The van der Waals surface area contributed by atoms with Crippen LogP contribution < -0.4 is 15.4 Å². The molecule has 2 aromatic carbocycles. The maximum Gasteiger partial charge on any atom is 0.434 e. The Morgan fingerprint density at radius 1 is 1.03 bits per heavy atom. The van der Waals surface area contributed by atoms with Crippen LogP contribution in [-0.4, -0.2) is 35.5 Å². The standard InChI is InChI=1S/C25H19BrClF6N3O3/c1-3-13-10-15(23(28,24(27,29)30)25(31,32)33)11-17(26)19(13)36-22(38)16-7-4-8-18(20(16)39-2)35-21(37)14-6-5-9-34-12-14/h4-12H,3H2,1-2H3,(H,35,37)(H,36,38). The van der Waals surface area contributed by atoms with Gasteiger partial charge in [0.2, 0.25) is 0 Å². The van der Waals surface area contributed by atoms with Crippen molar-refractivity contribution in [3.05, 3.63) is 81.6 Å². The molecule has 0 saturated heterocycles. The summed E-state index contributed by atoms with van der Waals surface area (Å²) < 4.78 is 87.6. The lowest BCUT2D eigenvalue weighted by atomic mass is 9.92. The summed E-state index contributed by atoms with van der Waals surface area (Å²) in [6.45, 7) is 1.46. The summed E-state index contributed by atoms with van der Waals surface area (Å²) in [5, 5.41) is -0.250. The van der Waals surface area contributed by atoms with Gasteiger partial charge in [-0.1, -0.05) is 13.0 Å². The first kappa shape index (κ1) is 30.2. The van der Waals surface area contributed by atoms with Crippen LogP contribution in [0.5, 0.6) is 5.75 Å². The molecule has 1 unspecified atom stereocenters. The molecule has 0 aliphatic heterocycles. The summed E-state index contributed by atoms with van der Waals surface area (Å²) in [6.07, 6.45) is -3.32. The summed E-state index contributed by atoms with van der Waals surface area (Å²) in [6, 6.07) is 8.37.